The molecule has 0 radical (unpaired) electrons. The highest BCUT2D eigenvalue weighted by Crippen LogP contribution is 2.29. The lowest BCUT2D eigenvalue weighted by Crippen LogP contribution is -2.00. The molecule has 1 aromatic carbocycles. The van der Waals surface area contributed by atoms with E-state index in [9.17, 15) is 9.18 Å². The Morgan fingerprint density at radius 3 is 2.62 bits per heavy atom. The molecule has 0 aromatic heterocycles. The molecule has 0 aliphatic rings. The maximum atomic E-state index is 12.9. The summed E-state index contributed by atoms with van der Waals surface area (Å²) in [6.07, 6.45) is 0. The number of Topliss-reactive ketones (excluding diaryl/α,β-unsaturated/α-hetero) is 1. The fourth-order valence-electron chi connectivity index (χ4n) is 1.03. The normalized spacial score (nSPS) is 9.85. The van der Waals surface area contributed by atoms with Crippen LogP contribution < -0.4 is 4.74 Å². The summed E-state index contributed by atoms with van der Waals surface area (Å²) in [5.41, 5.74) is 0.0872. The van der Waals surface area contributed by atoms with E-state index in [2.05, 4.69) is 0 Å². The zero-order chi connectivity index (χ0) is 10.0. The van der Waals surface area contributed by atoms with Crippen LogP contribution in [0.1, 0.15) is 17.3 Å². The van der Waals surface area contributed by atoms with Crippen LogP contribution in [0.15, 0.2) is 12.1 Å². The van der Waals surface area contributed by atoms with Gasteiger partial charge in [0.2, 0.25) is 0 Å². The third kappa shape index (κ3) is 1.80. The minimum Gasteiger partial charge on any atom is -0.496 e. The van der Waals surface area contributed by atoms with Crippen LogP contribution in [0, 0.1) is 5.82 Å². The molecule has 4 heteroatoms. The van der Waals surface area contributed by atoms with Crippen molar-refractivity contribution in [1.82, 2.24) is 0 Å². The van der Waals surface area contributed by atoms with E-state index in [1.807, 2.05) is 0 Å². The number of ketones is 1. The topological polar surface area (TPSA) is 26.3 Å². The van der Waals surface area contributed by atoms with E-state index < -0.39 is 5.82 Å². The molecule has 70 valence electrons. The summed E-state index contributed by atoms with van der Waals surface area (Å²) < 4.78 is 17.8. The van der Waals surface area contributed by atoms with Crippen LogP contribution >= 0.6 is 11.6 Å². The average molecular weight is 203 g/mol. The van der Waals surface area contributed by atoms with Gasteiger partial charge in [0.15, 0.2) is 5.78 Å². The summed E-state index contributed by atoms with van der Waals surface area (Å²) in [4.78, 5) is 11.1. The Labute approximate surface area is 80.3 Å². The van der Waals surface area contributed by atoms with E-state index in [4.69, 9.17) is 16.3 Å². The summed E-state index contributed by atoms with van der Waals surface area (Å²) in [7, 11) is 1.40. The number of rotatable bonds is 2. The first kappa shape index (κ1) is 9.99. The standard InChI is InChI=1S/C9H8ClFO2/c1-5(12)8-7(13-2)4-3-6(11)9(8)10/h3-4H,1-2H3. The molecule has 0 fully saturated rings. The number of methoxy groups -OCH3 is 1. The molecule has 0 bridgehead atoms. The van der Waals surface area contributed by atoms with Gasteiger partial charge in [-0.25, -0.2) is 4.39 Å². The molecule has 0 N–H and O–H groups in total. The van der Waals surface area contributed by atoms with Crippen molar-refractivity contribution in [3.05, 3.63) is 28.5 Å². The van der Waals surface area contributed by atoms with E-state index in [1.165, 1.54) is 20.1 Å². The molecule has 0 aliphatic carbocycles. The van der Waals surface area contributed by atoms with E-state index >= 15 is 0 Å². The molecule has 0 saturated heterocycles. The van der Waals surface area contributed by atoms with Crippen LogP contribution in [0.4, 0.5) is 4.39 Å². The molecule has 0 saturated carbocycles. The first-order chi connectivity index (χ1) is 6.07. The average Bonchev–Trinajstić information content (AvgIpc) is 2.08. The lowest BCUT2D eigenvalue weighted by molar-refractivity contribution is 0.101. The molecule has 0 heterocycles. The minimum atomic E-state index is -0.618. The lowest BCUT2D eigenvalue weighted by Gasteiger charge is -2.07. The van der Waals surface area contributed by atoms with Crippen LogP contribution in [0.2, 0.25) is 5.02 Å². The summed E-state index contributed by atoms with van der Waals surface area (Å²) in [5.74, 6) is -0.645. The predicted molar refractivity (Wildman–Crippen MR) is 48.0 cm³/mol. The number of hydrogen-bond donors (Lipinski definition) is 0. The highest BCUT2D eigenvalue weighted by molar-refractivity contribution is 6.34. The molecular weight excluding hydrogens is 195 g/mol. The van der Waals surface area contributed by atoms with Crippen LogP contribution in [0.3, 0.4) is 0 Å². The summed E-state index contributed by atoms with van der Waals surface area (Å²) in [5, 5.41) is -0.188. The number of halogens is 2. The Kier molecular flexibility index (Phi) is 2.88. The Bertz CT molecular complexity index is 350. The quantitative estimate of drug-likeness (QED) is 0.690. The maximum Gasteiger partial charge on any atom is 0.165 e. The van der Waals surface area contributed by atoms with Crippen LogP contribution in [0.25, 0.3) is 0 Å². The van der Waals surface area contributed by atoms with Crippen molar-refractivity contribution in [2.24, 2.45) is 0 Å². The monoisotopic (exact) mass is 202 g/mol. The smallest absolute Gasteiger partial charge is 0.165 e. The van der Waals surface area contributed by atoms with Crippen molar-refractivity contribution in [3.8, 4) is 5.75 Å². The van der Waals surface area contributed by atoms with Crippen molar-refractivity contribution in [2.75, 3.05) is 7.11 Å². The maximum absolute atomic E-state index is 12.9. The second-order valence-electron chi connectivity index (χ2n) is 2.49. The Balaban J connectivity index is 3.41. The first-order valence-electron chi connectivity index (χ1n) is 3.61. The van der Waals surface area contributed by atoms with Crippen molar-refractivity contribution in [2.45, 2.75) is 6.92 Å². The van der Waals surface area contributed by atoms with Gasteiger partial charge in [-0.2, -0.15) is 0 Å². The van der Waals surface area contributed by atoms with Gasteiger partial charge in [0.25, 0.3) is 0 Å². The highest BCUT2D eigenvalue weighted by atomic mass is 35.5. The number of carbonyl (C=O) groups is 1. The molecule has 0 spiro atoms. The Morgan fingerprint density at radius 1 is 1.54 bits per heavy atom. The number of hydrogen-bond acceptors (Lipinski definition) is 2. The zero-order valence-corrected chi connectivity index (χ0v) is 7.98. The third-order valence-electron chi connectivity index (χ3n) is 1.63. The molecule has 1 rings (SSSR count). The number of ether oxygens (including phenoxy) is 1. The van der Waals surface area contributed by atoms with Gasteiger partial charge in [-0.15, -0.1) is 0 Å². The van der Waals surface area contributed by atoms with Crippen LogP contribution in [-0.2, 0) is 0 Å². The fourth-order valence-corrected chi connectivity index (χ4v) is 1.32. The van der Waals surface area contributed by atoms with Gasteiger partial charge >= 0.3 is 0 Å². The van der Waals surface area contributed by atoms with Gasteiger partial charge in [-0.05, 0) is 19.1 Å². The van der Waals surface area contributed by atoms with Crippen LogP contribution in [0.5, 0.6) is 5.75 Å². The highest BCUT2D eigenvalue weighted by Gasteiger charge is 2.15. The molecule has 0 unspecified atom stereocenters. The molecule has 2 nitrogen and oxygen atoms in total. The molecule has 1 aromatic rings. The number of carbonyl (C=O) groups excluding carboxylic acids is 1. The van der Waals surface area contributed by atoms with E-state index in [1.54, 1.807) is 0 Å². The van der Waals surface area contributed by atoms with E-state index in [0.29, 0.717) is 5.75 Å². The molecular formula is C9H8ClFO2. The van der Waals surface area contributed by atoms with Crippen molar-refractivity contribution in [1.29, 1.82) is 0 Å². The van der Waals surface area contributed by atoms with Gasteiger partial charge in [0, 0.05) is 0 Å². The Morgan fingerprint density at radius 2 is 2.15 bits per heavy atom. The Hall–Kier alpha value is -1.09. The second-order valence-corrected chi connectivity index (χ2v) is 2.87. The van der Waals surface area contributed by atoms with Crippen LogP contribution in [-0.4, -0.2) is 12.9 Å². The van der Waals surface area contributed by atoms with Crippen molar-refractivity contribution >= 4 is 17.4 Å². The SMILES string of the molecule is COc1ccc(F)c(Cl)c1C(C)=O. The van der Waals surface area contributed by atoms with Gasteiger partial charge in [0.05, 0.1) is 17.7 Å². The summed E-state index contributed by atoms with van der Waals surface area (Å²) in [6.45, 7) is 1.31. The third-order valence-corrected chi connectivity index (χ3v) is 2.00. The molecule has 0 aliphatic heterocycles. The summed E-state index contributed by atoms with van der Waals surface area (Å²) >= 11 is 5.60. The fraction of sp³-hybridized carbons (Fsp3) is 0.222. The second kappa shape index (κ2) is 3.75. The van der Waals surface area contributed by atoms with E-state index in [0.717, 1.165) is 6.07 Å². The zero-order valence-electron chi connectivity index (χ0n) is 7.23. The first-order valence-corrected chi connectivity index (χ1v) is 3.98. The largest absolute Gasteiger partial charge is 0.496 e. The van der Waals surface area contributed by atoms with Gasteiger partial charge in [0.1, 0.15) is 11.6 Å². The molecule has 13 heavy (non-hydrogen) atoms. The van der Waals surface area contributed by atoms with E-state index in [-0.39, 0.29) is 16.4 Å². The molecule has 0 atom stereocenters. The van der Waals surface area contributed by atoms with Crippen molar-refractivity contribution in [3.63, 3.8) is 0 Å². The van der Waals surface area contributed by atoms with Gasteiger partial charge < -0.3 is 4.74 Å². The lowest BCUT2D eigenvalue weighted by atomic mass is 10.1. The van der Waals surface area contributed by atoms with Gasteiger partial charge in [-0.1, -0.05) is 11.6 Å². The number of benzene rings is 1. The summed E-state index contributed by atoms with van der Waals surface area (Å²) in [6, 6.07) is 2.53. The minimum absolute atomic E-state index is 0.0872. The van der Waals surface area contributed by atoms with Crippen molar-refractivity contribution < 1.29 is 13.9 Å². The predicted octanol–water partition coefficient (Wildman–Crippen LogP) is 2.69. The molecule has 0 amide bonds. The van der Waals surface area contributed by atoms with Gasteiger partial charge in [-0.3, -0.25) is 4.79 Å².